The van der Waals surface area contributed by atoms with Gasteiger partial charge in [-0.2, -0.15) is 9.30 Å². The second-order valence-corrected chi connectivity index (χ2v) is 11.6. The van der Waals surface area contributed by atoms with Gasteiger partial charge in [-0.25, -0.2) is 8.42 Å². The van der Waals surface area contributed by atoms with Gasteiger partial charge in [0, 0.05) is 25.2 Å². The number of sulfonamides is 1. The van der Waals surface area contributed by atoms with Gasteiger partial charge < -0.3 is 9.30 Å². The molecule has 0 aliphatic carbocycles. The number of ether oxygens (including phenoxy) is 1. The van der Waals surface area contributed by atoms with E-state index in [1.165, 1.54) is 45.5 Å². The van der Waals surface area contributed by atoms with Crippen LogP contribution in [0.1, 0.15) is 34.0 Å². The summed E-state index contributed by atoms with van der Waals surface area (Å²) >= 11 is 1.44. The molecule has 1 aliphatic rings. The Labute approximate surface area is 214 Å². The molecule has 7 nitrogen and oxygen atoms in total. The van der Waals surface area contributed by atoms with Crippen molar-refractivity contribution in [2.24, 2.45) is 4.99 Å². The van der Waals surface area contributed by atoms with Crippen molar-refractivity contribution in [1.29, 1.82) is 0 Å². The standard InChI is InChI=1S/C27H27N3O4S2/c1-4-30-24-23(34-3)14-9-18(2)25(24)35-27(30)28-26(31)20-10-12-22(13-11-20)36(32,33)29-16-15-19-7-5-6-8-21(19)17-29/h5-14H,4,15-17H2,1-3H3. The Balaban J connectivity index is 1.44. The molecule has 0 spiro atoms. The molecular formula is C27H27N3O4S2. The lowest BCUT2D eigenvalue weighted by Gasteiger charge is -2.28. The van der Waals surface area contributed by atoms with Crippen LogP contribution < -0.4 is 9.54 Å². The molecular weight excluding hydrogens is 494 g/mol. The monoisotopic (exact) mass is 521 g/mol. The van der Waals surface area contributed by atoms with Crippen molar-refractivity contribution in [3.63, 3.8) is 0 Å². The summed E-state index contributed by atoms with van der Waals surface area (Å²) in [6, 6.07) is 17.9. The van der Waals surface area contributed by atoms with E-state index in [9.17, 15) is 13.2 Å². The number of hydrogen-bond donors (Lipinski definition) is 0. The van der Waals surface area contributed by atoms with Crippen molar-refractivity contribution in [2.75, 3.05) is 13.7 Å². The van der Waals surface area contributed by atoms with Crippen molar-refractivity contribution in [3.8, 4) is 5.75 Å². The van der Waals surface area contributed by atoms with E-state index < -0.39 is 15.9 Å². The summed E-state index contributed by atoms with van der Waals surface area (Å²) in [5.74, 6) is 0.314. The van der Waals surface area contributed by atoms with Crippen molar-refractivity contribution < 1.29 is 17.9 Å². The van der Waals surface area contributed by atoms with Gasteiger partial charge in [0.2, 0.25) is 10.0 Å². The summed E-state index contributed by atoms with van der Waals surface area (Å²) in [7, 11) is -2.04. The van der Waals surface area contributed by atoms with Gasteiger partial charge >= 0.3 is 0 Å². The van der Waals surface area contributed by atoms with Gasteiger partial charge in [-0.15, -0.1) is 0 Å². The van der Waals surface area contributed by atoms with E-state index >= 15 is 0 Å². The molecule has 1 amide bonds. The van der Waals surface area contributed by atoms with Crippen LogP contribution in [0.3, 0.4) is 0 Å². The topological polar surface area (TPSA) is 81.0 Å². The number of rotatable bonds is 5. The second-order valence-electron chi connectivity index (χ2n) is 8.69. The van der Waals surface area contributed by atoms with Crippen LogP contribution in [0.15, 0.2) is 70.6 Å². The summed E-state index contributed by atoms with van der Waals surface area (Å²) in [6.07, 6.45) is 0.682. The molecule has 4 aromatic rings. The van der Waals surface area contributed by atoms with Crippen molar-refractivity contribution in [1.82, 2.24) is 8.87 Å². The first kappa shape index (κ1) is 24.4. The smallest absolute Gasteiger partial charge is 0.279 e. The van der Waals surface area contributed by atoms with Crippen LogP contribution in [-0.2, 0) is 29.5 Å². The van der Waals surface area contributed by atoms with Crippen molar-refractivity contribution in [2.45, 2.75) is 38.3 Å². The second kappa shape index (κ2) is 9.65. The fourth-order valence-corrected chi connectivity index (χ4v) is 7.16. The summed E-state index contributed by atoms with van der Waals surface area (Å²) in [4.78, 5) is 18.2. The predicted octanol–water partition coefficient (Wildman–Crippen LogP) is 4.53. The number of fused-ring (bicyclic) bond motifs is 2. The molecule has 0 bridgehead atoms. The Bertz CT molecular complexity index is 1630. The first-order chi connectivity index (χ1) is 17.3. The zero-order valence-electron chi connectivity index (χ0n) is 20.4. The first-order valence-electron chi connectivity index (χ1n) is 11.8. The van der Waals surface area contributed by atoms with E-state index in [1.54, 1.807) is 7.11 Å². The number of thiazole rings is 1. The Morgan fingerprint density at radius 3 is 2.47 bits per heavy atom. The van der Waals surface area contributed by atoms with E-state index in [-0.39, 0.29) is 4.90 Å². The van der Waals surface area contributed by atoms with Crippen LogP contribution in [0, 0.1) is 6.92 Å². The van der Waals surface area contributed by atoms with Crippen LogP contribution in [-0.4, -0.2) is 36.9 Å². The number of aromatic nitrogens is 1. The van der Waals surface area contributed by atoms with Gasteiger partial charge in [0.15, 0.2) is 4.80 Å². The number of amides is 1. The Morgan fingerprint density at radius 2 is 1.78 bits per heavy atom. The molecule has 0 N–H and O–H groups in total. The Kier molecular flexibility index (Phi) is 6.55. The summed E-state index contributed by atoms with van der Waals surface area (Å²) in [5, 5.41) is 0. The predicted molar refractivity (Wildman–Crippen MR) is 141 cm³/mol. The van der Waals surface area contributed by atoms with Crippen LogP contribution in [0.5, 0.6) is 5.75 Å². The largest absolute Gasteiger partial charge is 0.495 e. The van der Waals surface area contributed by atoms with Gasteiger partial charge in [-0.3, -0.25) is 4.79 Å². The summed E-state index contributed by atoms with van der Waals surface area (Å²) in [6.45, 7) is 5.42. The molecule has 5 rings (SSSR count). The average molecular weight is 522 g/mol. The maximum Gasteiger partial charge on any atom is 0.279 e. The highest BCUT2D eigenvalue weighted by Gasteiger charge is 2.28. The number of carbonyl (C=O) groups excluding carboxylic acids is 1. The fraction of sp³-hybridized carbons (Fsp3) is 0.259. The highest BCUT2D eigenvalue weighted by atomic mass is 32.2. The number of nitrogens with zero attached hydrogens (tertiary/aromatic N) is 3. The van der Waals surface area contributed by atoms with E-state index in [0.29, 0.717) is 36.4 Å². The fourth-order valence-electron chi connectivity index (χ4n) is 4.57. The molecule has 3 aromatic carbocycles. The third kappa shape index (κ3) is 4.27. The molecule has 1 aliphatic heterocycles. The SMILES string of the molecule is CCn1c(=NC(=O)c2ccc(S(=O)(=O)N3CCc4ccccc4C3)cc2)sc2c(C)ccc(OC)c21. The lowest BCUT2D eigenvalue weighted by molar-refractivity contribution is 0.0997. The molecule has 36 heavy (non-hydrogen) atoms. The number of hydrogen-bond acceptors (Lipinski definition) is 5. The third-order valence-electron chi connectivity index (χ3n) is 6.55. The Morgan fingerprint density at radius 1 is 1.06 bits per heavy atom. The maximum atomic E-state index is 13.2. The van der Waals surface area contributed by atoms with E-state index in [2.05, 4.69) is 4.99 Å². The van der Waals surface area contributed by atoms with Crippen LogP contribution >= 0.6 is 11.3 Å². The van der Waals surface area contributed by atoms with Crippen LogP contribution in [0.4, 0.5) is 0 Å². The average Bonchev–Trinajstić information content (AvgIpc) is 3.27. The summed E-state index contributed by atoms with van der Waals surface area (Å²) < 4.78 is 36.5. The molecule has 186 valence electrons. The zero-order chi connectivity index (χ0) is 25.4. The molecule has 0 atom stereocenters. The number of carbonyl (C=O) groups is 1. The molecule has 0 saturated heterocycles. The van der Waals surface area contributed by atoms with Gasteiger partial charge in [0.25, 0.3) is 5.91 Å². The quantitative estimate of drug-likeness (QED) is 0.387. The third-order valence-corrected chi connectivity index (χ3v) is 9.63. The van der Waals surface area contributed by atoms with Crippen molar-refractivity contribution >= 4 is 37.5 Å². The van der Waals surface area contributed by atoms with Crippen LogP contribution in [0.25, 0.3) is 10.2 Å². The summed E-state index contributed by atoms with van der Waals surface area (Å²) in [5.41, 5.74) is 4.55. The highest BCUT2D eigenvalue weighted by Crippen LogP contribution is 2.30. The molecule has 2 heterocycles. The van der Waals surface area contributed by atoms with Gasteiger partial charge in [0.1, 0.15) is 11.3 Å². The zero-order valence-corrected chi connectivity index (χ0v) is 22.0. The molecule has 0 radical (unpaired) electrons. The Hall–Kier alpha value is -3.27. The van der Waals surface area contributed by atoms with Gasteiger partial charge in [0.05, 0.1) is 16.7 Å². The molecule has 9 heteroatoms. The minimum atomic E-state index is -3.67. The first-order valence-corrected chi connectivity index (χ1v) is 14.0. The highest BCUT2D eigenvalue weighted by molar-refractivity contribution is 7.89. The van der Waals surface area contributed by atoms with Gasteiger partial charge in [-0.05, 0) is 67.3 Å². The minimum absolute atomic E-state index is 0.171. The van der Waals surface area contributed by atoms with Gasteiger partial charge in [-0.1, -0.05) is 41.7 Å². The van der Waals surface area contributed by atoms with Crippen LogP contribution in [0.2, 0.25) is 0 Å². The number of aryl methyl sites for hydroxylation is 2. The number of methoxy groups -OCH3 is 1. The molecule has 0 saturated carbocycles. The molecule has 0 unspecified atom stereocenters. The number of benzene rings is 3. The lowest BCUT2D eigenvalue weighted by atomic mass is 10.0. The van der Waals surface area contributed by atoms with E-state index in [1.807, 2.05) is 54.8 Å². The van der Waals surface area contributed by atoms with E-state index in [0.717, 1.165) is 27.1 Å². The van der Waals surface area contributed by atoms with E-state index in [4.69, 9.17) is 4.74 Å². The minimum Gasteiger partial charge on any atom is -0.495 e. The van der Waals surface area contributed by atoms with Crippen molar-refractivity contribution in [3.05, 3.63) is 87.7 Å². The molecule has 1 aromatic heterocycles. The molecule has 0 fully saturated rings. The normalized spacial score (nSPS) is 14.7. The maximum absolute atomic E-state index is 13.2. The lowest BCUT2D eigenvalue weighted by Crippen LogP contribution is -2.35.